The van der Waals surface area contributed by atoms with Crippen molar-refractivity contribution < 1.29 is 14.3 Å². The third-order valence-corrected chi connectivity index (χ3v) is 2.67. The SMILES string of the molecule is COCCCNC(=O)Cc1ccc(OC)c(C)c1. The van der Waals surface area contributed by atoms with Crippen LogP contribution in [0.25, 0.3) is 0 Å². The molecule has 0 atom stereocenters. The van der Waals surface area contributed by atoms with E-state index in [1.807, 2.05) is 25.1 Å². The van der Waals surface area contributed by atoms with Crippen molar-refractivity contribution in [3.05, 3.63) is 29.3 Å². The Kier molecular flexibility index (Phi) is 6.22. The summed E-state index contributed by atoms with van der Waals surface area (Å²) in [6.45, 7) is 3.29. The highest BCUT2D eigenvalue weighted by atomic mass is 16.5. The molecule has 0 bridgehead atoms. The van der Waals surface area contributed by atoms with E-state index in [4.69, 9.17) is 9.47 Å². The Morgan fingerprint density at radius 3 is 2.72 bits per heavy atom. The van der Waals surface area contributed by atoms with E-state index in [1.54, 1.807) is 14.2 Å². The predicted molar refractivity (Wildman–Crippen MR) is 70.9 cm³/mol. The third-order valence-electron chi connectivity index (χ3n) is 2.67. The van der Waals surface area contributed by atoms with E-state index in [-0.39, 0.29) is 5.91 Å². The van der Waals surface area contributed by atoms with Crippen molar-refractivity contribution in [1.82, 2.24) is 5.32 Å². The number of carbonyl (C=O) groups excluding carboxylic acids is 1. The number of hydrogen-bond acceptors (Lipinski definition) is 3. The molecule has 4 nitrogen and oxygen atoms in total. The number of aryl methyl sites for hydroxylation is 1. The van der Waals surface area contributed by atoms with Crippen LogP contribution < -0.4 is 10.1 Å². The van der Waals surface area contributed by atoms with Crippen molar-refractivity contribution in [2.24, 2.45) is 0 Å². The second-order valence-corrected chi connectivity index (χ2v) is 4.18. The van der Waals surface area contributed by atoms with Gasteiger partial charge in [0.25, 0.3) is 0 Å². The maximum Gasteiger partial charge on any atom is 0.224 e. The molecule has 0 aliphatic carbocycles. The van der Waals surface area contributed by atoms with E-state index in [0.29, 0.717) is 19.6 Å². The molecule has 0 saturated heterocycles. The van der Waals surface area contributed by atoms with Crippen LogP contribution in [0.5, 0.6) is 5.75 Å². The van der Waals surface area contributed by atoms with Gasteiger partial charge >= 0.3 is 0 Å². The number of ether oxygens (including phenoxy) is 2. The average Bonchev–Trinajstić information content (AvgIpc) is 2.35. The molecular formula is C14H21NO3. The molecule has 1 N–H and O–H groups in total. The summed E-state index contributed by atoms with van der Waals surface area (Å²) < 4.78 is 10.1. The smallest absolute Gasteiger partial charge is 0.224 e. The van der Waals surface area contributed by atoms with E-state index in [1.165, 1.54) is 0 Å². The van der Waals surface area contributed by atoms with Crippen LogP contribution in [-0.2, 0) is 16.0 Å². The number of rotatable bonds is 7. The number of nitrogens with one attached hydrogen (secondary N) is 1. The Balaban J connectivity index is 2.42. The van der Waals surface area contributed by atoms with Crippen molar-refractivity contribution in [2.75, 3.05) is 27.4 Å². The van der Waals surface area contributed by atoms with Crippen molar-refractivity contribution in [3.8, 4) is 5.75 Å². The summed E-state index contributed by atoms with van der Waals surface area (Å²) in [6.07, 6.45) is 1.24. The zero-order chi connectivity index (χ0) is 13.4. The lowest BCUT2D eigenvalue weighted by Crippen LogP contribution is -2.26. The molecule has 0 saturated carbocycles. The summed E-state index contributed by atoms with van der Waals surface area (Å²) >= 11 is 0. The van der Waals surface area contributed by atoms with Crippen molar-refractivity contribution >= 4 is 5.91 Å². The fraction of sp³-hybridized carbons (Fsp3) is 0.500. The van der Waals surface area contributed by atoms with Gasteiger partial charge in [-0.15, -0.1) is 0 Å². The molecule has 0 fully saturated rings. The van der Waals surface area contributed by atoms with Gasteiger partial charge in [-0.1, -0.05) is 12.1 Å². The Labute approximate surface area is 108 Å². The Bertz CT molecular complexity index is 391. The molecule has 18 heavy (non-hydrogen) atoms. The number of carbonyl (C=O) groups is 1. The minimum atomic E-state index is 0.0377. The zero-order valence-electron chi connectivity index (χ0n) is 11.3. The highest BCUT2D eigenvalue weighted by Crippen LogP contribution is 2.18. The minimum absolute atomic E-state index is 0.0377. The summed E-state index contributed by atoms with van der Waals surface area (Å²) in [7, 11) is 3.30. The predicted octanol–water partition coefficient (Wildman–Crippen LogP) is 1.70. The van der Waals surface area contributed by atoms with Gasteiger partial charge in [-0.2, -0.15) is 0 Å². The third kappa shape index (κ3) is 4.75. The fourth-order valence-corrected chi connectivity index (χ4v) is 1.74. The number of methoxy groups -OCH3 is 2. The average molecular weight is 251 g/mol. The quantitative estimate of drug-likeness (QED) is 0.750. The minimum Gasteiger partial charge on any atom is -0.496 e. The van der Waals surface area contributed by atoms with Gasteiger partial charge in [-0.3, -0.25) is 4.79 Å². The maximum absolute atomic E-state index is 11.7. The van der Waals surface area contributed by atoms with Crippen LogP contribution in [0.4, 0.5) is 0 Å². The van der Waals surface area contributed by atoms with Gasteiger partial charge in [0.1, 0.15) is 5.75 Å². The number of benzene rings is 1. The number of amides is 1. The molecule has 100 valence electrons. The molecule has 0 spiro atoms. The second kappa shape index (κ2) is 7.71. The highest BCUT2D eigenvalue weighted by Gasteiger charge is 2.05. The van der Waals surface area contributed by atoms with E-state index >= 15 is 0 Å². The molecule has 1 aromatic rings. The lowest BCUT2D eigenvalue weighted by atomic mass is 10.1. The molecule has 0 unspecified atom stereocenters. The summed E-state index contributed by atoms with van der Waals surface area (Å²) in [6, 6.07) is 5.79. The maximum atomic E-state index is 11.7. The van der Waals surface area contributed by atoms with E-state index in [9.17, 15) is 4.79 Å². The fourth-order valence-electron chi connectivity index (χ4n) is 1.74. The van der Waals surface area contributed by atoms with Gasteiger partial charge in [0.05, 0.1) is 13.5 Å². The highest BCUT2D eigenvalue weighted by molar-refractivity contribution is 5.78. The molecule has 1 amide bonds. The second-order valence-electron chi connectivity index (χ2n) is 4.18. The lowest BCUT2D eigenvalue weighted by molar-refractivity contribution is -0.120. The first-order chi connectivity index (χ1) is 8.67. The Morgan fingerprint density at radius 1 is 1.33 bits per heavy atom. The summed E-state index contributed by atoms with van der Waals surface area (Å²) in [5, 5.41) is 2.86. The molecule has 0 heterocycles. The first kappa shape index (κ1) is 14.5. The zero-order valence-corrected chi connectivity index (χ0v) is 11.3. The van der Waals surface area contributed by atoms with Crippen LogP contribution in [0, 0.1) is 6.92 Å². The molecule has 0 radical (unpaired) electrons. The Morgan fingerprint density at radius 2 is 2.11 bits per heavy atom. The van der Waals surface area contributed by atoms with Crippen LogP contribution in [0.2, 0.25) is 0 Å². The summed E-state index contributed by atoms with van der Waals surface area (Å²) in [4.78, 5) is 11.7. The Hall–Kier alpha value is -1.55. The van der Waals surface area contributed by atoms with Crippen molar-refractivity contribution in [3.63, 3.8) is 0 Å². The topological polar surface area (TPSA) is 47.6 Å². The van der Waals surface area contributed by atoms with E-state index in [2.05, 4.69) is 5.32 Å². The van der Waals surface area contributed by atoms with Gasteiger partial charge in [-0.25, -0.2) is 0 Å². The lowest BCUT2D eigenvalue weighted by Gasteiger charge is -2.08. The van der Waals surface area contributed by atoms with Gasteiger partial charge in [-0.05, 0) is 30.5 Å². The first-order valence-corrected chi connectivity index (χ1v) is 6.06. The largest absolute Gasteiger partial charge is 0.496 e. The van der Waals surface area contributed by atoms with E-state index in [0.717, 1.165) is 23.3 Å². The van der Waals surface area contributed by atoms with Crippen LogP contribution in [0.15, 0.2) is 18.2 Å². The van der Waals surface area contributed by atoms with Gasteiger partial charge < -0.3 is 14.8 Å². The molecule has 0 aliphatic heterocycles. The molecular weight excluding hydrogens is 230 g/mol. The summed E-state index contributed by atoms with van der Waals surface area (Å²) in [5.41, 5.74) is 2.04. The van der Waals surface area contributed by atoms with Crippen molar-refractivity contribution in [2.45, 2.75) is 19.8 Å². The normalized spacial score (nSPS) is 10.2. The summed E-state index contributed by atoms with van der Waals surface area (Å²) in [5.74, 6) is 0.884. The van der Waals surface area contributed by atoms with Crippen molar-refractivity contribution in [1.29, 1.82) is 0 Å². The van der Waals surface area contributed by atoms with Gasteiger partial charge in [0.2, 0.25) is 5.91 Å². The number of hydrogen-bond donors (Lipinski definition) is 1. The molecule has 1 rings (SSSR count). The van der Waals surface area contributed by atoms with E-state index < -0.39 is 0 Å². The van der Waals surface area contributed by atoms with Crippen LogP contribution in [0.1, 0.15) is 17.5 Å². The van der Waals surface area contributed by atoms with Crippen LogP contribution >= 0.6 is 0 Å². The van der Waals surface area contributed by atoms with Crippen LogP contribution in [-0.4, -0.2) is 33.3 Å². The standard InChI is InChI=1S/C14H21NO3/c1-11-9-12(5-6-13(11)18-3)10-14(16)15-7-4-8-17-2/h5-6,9H,4,7-8,10H2,1-3H3,(H,15,16). The first-order valence-electron chi connectivity index (χ1n) is 6.06. The molecule has 1 aromatic carbocycles. The van der Waals surface area contributed by atoms with Gasteiger partial charge in [0, 0.05) is 20.3 Å². The molecule has 0 aromatic heterocycles. The molecule has 4 heteroatoms. The molecule has 0 aliphatic rings. The monoisotopic (exact) mass is 251 g/mol. The van der Waals surface area contributed by atoms with Crippen LogP contribution in [0.3, 0.4) is 0 Å². The van der Waals surface area contributed by atoms with Gasteiger partial charge in [0.15, 0.2) is 0 Å².